The minimum Gasteiger partial charge on any atom is -0.481 e. The molecule has 0 spiro atoms. The molecule has 0 bridgehead atoms. The second-order valence-electron chi connectivity index (χ2n) is 5.62. The summed E-state index contributed by atoms with van der Waals surface area (Å²) >= 11 is 0. The summed E-state index contributed by atoms with van der Waals surface area (Å²) < 4.78 is 5.63. The van der Waals surface area contributed by atoms with E-state index >= 15 is 0 Å². The Hall–Kier alpha value is -1.78. The molecule has 1 N–H and O–H groups in total. The van der Waals surface area contributed by atoms with Gasteiger partial charge in [0.1, 0.15) is 17.6 Å². The number of furan rings is 1. The van der Waals surface area contributed by atoms with Crippen LogP contribution < -0.4 is 0 Å². The number of nitrogens with zero attached hydrogens (tertiary/aromatic N) is 1. The molecular formula is C15H21NO4. The monoisotopic (exact) mass is 279 g/mol. The third-order valence-corrected chi connectivity index (χ3v) is 3.80. The lowest BCUT2D eigenvalue weighted by Gasteiger charge is -2.35. The summed E-state index contributed by atoms with van der Waals surface area (Å²) in [6.45, 7) is 5.63. The Balaban J connectivity index is 2.48. The number of aliphatic carboxylic acids is 1. The molecule has 20 heavy (non-hydrogen) atoms. The third kappa shape index (κ3) is 2.71. The van der Waals surface area contributed by atoms with Crippen LogP contribution in [-0.2, 0) is 9.59 Å². The molecule has 1 saturated heterocycles. The van der Waals surface area contributed by atoms with Gasteiger partial charge in [0.05, 0.1) is 5.92 Å². The van der Waals surface area contributed by atoms with Gasteiger partial charge in [-0.3, -0.25) is 9.59 Å². The first-order valence-corrected chi connectivity index (χ1v) is 7.02. The van der Waals surface area contributed by atoms with E-state index in [0.717, 1.165) is 5.76 Å². The molecule has 0 aliphatic carbocycles. The van der Waals surface area contributed by atoms with E-state index in [2.05, 4.69) is 0 Å². The van der Waals surface area contributed by atoms with Gasteiger partial charge in [0.25, 0.3) is 0 Å². The van der Waals surface area contributed by atoms with Crippen molar-refractivity contribution in [1.29, 1.82) is 0 Å². The number of hydrogen-bond donors (Lipinski definition) is 1. The maximum atomic E-state index is 12.3. The lowest BCUT2D eigenvalue weighted by atomic mass is 9.92. The molecule has 2 atom stereocenters. The quantitative estimate of drug-likeness (QED) is 0.923. The number of carboxylic acids is 1. The van der Waals surface area contributed by atoms with Crippen LogP contribution in [0, 0.1) is 12.8 Å². The molecule has 5 heteroatoms. The number of likely N-dealkylation sites (tertiary alicyclic amines) is 1. The lowest BCUT2D eigenvalue weighted by Crippen LogP contribution is -2.43. The van der Waals surface area contributed by atoms with Crippen molar-refractivity contribution >= 4 is 11.9 Å². The predicted octanol–water partition coefficient (Wildman–Crippen LogP) is 2.75. The van der Waals surface area contributed by atoms with Crippen molar-refractivity contribution in [3.63, 3.8) is 0 Å². The molecule has 2 heterocycles. The van der Waals surface area contributed by atoms with Crippen LogP contribution in [0.5, 0.6) is 0 Å². The second kappa shape index (κ2) is 5.69. The molecule has 2 rings (SSSR count). The van der Waals surface area contributed by atoms with Crippen molar-refractivity contribution in [2.45, 2.75) is 52.1 Å². The van der Waals surface area contributed by atoms with Crippen molar-refractivity contribution in [2.24, 2.45) is 5.92 Å². The van der Waals surface area contributed by atoms with Crippen molar-refractivity contribution in [1.82, 2.24) is 4.90 Å². The van der Waals surface area contributed by atoms with E-state index in [1.54, 1.807) is 11.0 Å². The van der Waals surface area contributed by atoms with Gasteiger partial charge in [0, 0.05) is 12.5 Å². The highest BCUT2D eigenvalue weighted by atomic mass is 16.4. The third-order valence-electron chi connectivity index (χ3n) is 3.80. The van der Waals surface area contributed by atoms with E-state index in [-0.39, 0.29) is 11.9 Å². The van der Waals surface area contributed by atoms with Crippen molar-refractivity contribution in [3.8, 4) is 0 Å². The first-order valence-electron chi connectivity index (χ1n) is 7.02. The summed E-state index contributed by atoms with van der Waals surface area (Å²) in [5.74, 6) is -0.190. The topological polar surface area (TPSA) is 70.8 Å². The average molecular weight is 279 g/mol. The summed E-state index contributed by atoms with van der Waals surface area (Å²) in [7, 11) is 0. The van der Waals surface area contributed by atoms with Gasteiger partial charge in [-0.25, -0.2) is 0 Å². The smallest absolute Gasteiger partial charge is 0.309 e. The van der Waals surface area contributed by atoms with Gasteiger partial charge in [-0.05, 0) is 45.7 Å². The van der Waals surface area contributed by atoms with E-state index in [4.69, 9.17) is 4.42 Å². The van der Waals surface area contributed by atoms with E-state index in [1.807, 2.05) is 26.8 Å². The number of rotatable bonds is 3. The number of carboxylic acid groups (broad SMARTS) is 1. The molecule has 0 aromatic carbocycles. The van der Waals surface area contributed by atoms with Crippen molar-refractivity contribution in [3.05, 3.63) is 23.7 Å². The zero-order valence-corrected chi connectivity index (χ0v) is 12.1. The van der Waals surface area contributed by atoms with Crippen LogP contribution in [0.25, 0.3) is 0 Å². The minimum absolute atomic E-state index is 0.00260. The lowest BCUT2D eigenvalue weighted by molar-refractivity contribution is -0.147. The van der Waals surface area contributed by atoms with Gasteiger partial charge in [-0.1, -0.05) is 0 Å². The fraction of sp³-hybridized carbons (Fsp3) is 0.600. The summed E-state index contributed by atoms with van der Waals surface area (Å²) in [5, 5.41) is 9.51. The van der Waals surface area contributed by atoms with Crippen LogP contribution in [0.4, 0.5) is 0 Å². The van der Waals surface area contributed by atoms with Crippen LogP contribution in [-0.4, -0.2) is 27.9 Å². The van der Waals surface area contributed by atoms with Crippen LogP contribution in [0.1, 0.15) is 50.7 Å². The SMILES string of the molecule is Cc1ccc(C2C(C(=O)O)CCCC(=O)N2C(C)C)o1. The number of aryl methyl sites for hydroxylation is 1. The number of hydrogen-bond acceptors (Lipinski definition) is 3. The molecule has 110 valence electrons. The second-order valence-corrected chi connectivity index (χ2v) is 5.62. The highest BCUT2D eigenvalue weighted by Gasteiger charge is 2.41. The first kappa shape index (κ1) is 14.6. The normalized spacial score (nSPS) is 24.0. The molecule has 5 nitrogen and oxygen atoms in total. The maximum Gasteiger partial charge on any atom is 0.309 e. The molecule has 1 aromatic rings. The summed E-state index contributed by atoms with van der Waals surface area (Å²) in [4.78, 5) is 25.6. The zero-order valence-electron chi connectivity index (χ0n) is 12.1. The van der Waals surface area contributed by atoms with E-state index in [0.29, 0.717) is 25.0 Å². The number of amides is 1. The fourth-order valence-electron chi connectivity index (χ4n) is 2.92. The molecule has 1 aliphatic rings. The van der Waals surface area contributed by atoms with Gasteiger partial charge in [-0.15, -0.1) is 0 Å². The van der Waals surface area contributed by atoms with Crippen LogP contribution in [0.3, 0.4) is 0 Å². The molecule has 0 radical (unpaired) electrons. The standard InChI is InChI=1S/C15H21NO4/c1-9(2)16-13(17)6-4-5-11(15(18)19)14(16)12-8-7-10(3)20-12/h7-9,11,14H,4-6H2,1-3H3,(H,18,19). The van der Waals surface area contributed by atoms with Crippen LogP contribution in [0.2, 0.25) is 0 Å². The zero-order chi connectivity index (χ0) is 14.9. The van der Waals surface area contributed by atoms with Crippen LogP contribution >= 0.6 is 0 Å². The summed E-state index contributed by atoms with van der Waals surface area (Å²) in [6.07, 6.45) is 1.50. The maximum absolute atomic E-state index is 12.3. The van der Waals surface area contributed by atoms with Gasteiger partial charge in [-0.2, -0.15) is 0 Å². The van der Waals surface area contributed by atoms with E-state index < -0.39 is 17.9 Å². The fourth-order valence-corrected chi connectivity index (χ4v) is 2.92. The molecule has 1 fully saturated rings. The van der Waals surface area contributed by atoms with Crippen molar-refractivity contribution in [2.75, 3.05) is 0 Å². The highest BCUT2D eigenvalue weighted by Crippen LogP contribution is 2.37. The summed E-state index contributed by atoms with van der Waals surface area (Å²) in [5.41, 5.74) is 0. The molecule has 1 amide bonds. The Bertz CT molecular complexity index is 506. The highest BCUT2D eigenvalue weighted by molar-refractivity contribution is 5.80. The Morgan fingerprint density at radius 3 is 2.65 bits per heavy atom. The van der Waals surface area contributed by atoms with E-state index in [9.17, 15) is 14.7 Å². The number of carbonyl (C=O) groups is 2. The minimum atomic E-state index is -0.871. The number of carbonyl (C=O) groups excluding carboxylic acids is 1. The molecule has 1 aromatic heterocycles. The molecule has 2 unspecified atom stereocenters. The van der Waals surface area contributed by atoms with E-state index in [1.165, 1.54) is 0 Å². The molecule has 0 saturated carbocycles. The van der Waals surface area contributed by atoms with Gasteiger partial charge in [0.15, 0.2) is 0 Å². The molecule has 1 aliphatic heterocycles. The summed E-state index contributed by atoms with van der Waals surface area (Å²) in [6, 6.07) is 3.01. The van der Waals surface area contributed by atoms with Crippen molar-refractivity contribution < 1.29 is 19.1 Å². The first-order chi connectivity index (χ1) is 9.41. The Morgan fingerprint density at radius 1 is 1.45 bits per heavy atom. The Labute approximate surface area is 118 Å². The largest absolute Gasteiger partial charge is 0.481 e. The Kier molecular flexibility index (Phi) is 4.16. The predicted molar refractivity (Wildman–Crippen MR) is 73.1 cm³/mol. The van der Waals surface area contributed by atoms with Gasteiger partial charge >= 0.3 is 5.97 Å². The Morgan fingerprint density at radius 2 is 2.15 bits per heavy atom. The van der Waals surface area contributed by atoms with Gasteiger partial charge in [0.2, 0.25) is 5.91 Å². The van der Waals surface area contributed by atoms with Crippen LogP contribution in [0.15, 0.2) is 16.5 Å². The average Bonchev–Trinajstić information content (AvgIpc) is 2.68. The van der Waals surface area contributed by atoms with Gasteiger partial charge < -0.3 is 14.4 Å². The molecular weight excluding hydrogens is 258 g/mol.